The fraction of sp³-hybridized carbons (Fsp3) is 0.167. The molecule has 0 aliphatic carbocycles. The molecule has 0 aliphatic rings. The van der Waals surface area contributed by atoms with Crippen LogP contribution in [0.3, 0.4) is 0 Å². The van der Waals surface area contributed by atoms with Crippen molar-refractivity contribution in [2.24, 2.45) is 0 Å². The standard InChI is InChI=1S/C18H17FN4O2/c1-12(24)17-18(20-11-13-3-9-16(25-2)10-4-13)23(22-21-17)15-7-5-14(19)6-8-15/h3-10,20H,11H2,1-2H3. The quantitative estimate of drug-likeness (QED) is 0.698. The summed E-state index contributed by atoms with van der Waals surface area (Å²) in [6.07, 6.45) is 0. The topological polar surface area (TPSA) is 69.0 Å². The van der Waals surface area contributed by atoms with Crippen molar-refractivity contribution in [3.8, 4) is 11.4 Å². The van der Waals surface area contributed by atoms with Gasteiger partial charge in [-0.2, -0.15) is 4.68 Å². The number of ketones is 1. The third kappa shape index (κ3) is 3.65. The first-order chi connectivity index (χ1) is 12.1. The Hall–Kier alpha value is -3.22. The molecule has 1 N–H and O–H groups in total. The fourth-order valence-corrected chi connectivity index (χ4v) is 2.37. The Morgan fingerprint density at radius 2 is 1.84 bits per heavy atom. The van der Waals surface area contributed by atoms with Crippen molar-refractivity contribution in [1.29, 1.82) is 0 Å². The van der Waals surface area contributed by atoms with Gasteiger partial charge in [0, 0.05) is 13.5 Å². The van der Waals surface area contributed by atoms with Crippen LogP contribution in [-0.4, -0.2) is 27.9 Å². The Bertz CT molecular complexity index is 873. The molecule has 128 valence electrons. The molecule has 0 saturated heterocycles. The van der Waals surface area contributed by atoms with Gasteiger partial charge in [0.05, 0.1) is 12.8 Å². The molecule has 6 nitrogen and oxygen atoms in total. The number of Topliss-reactive ketones (excluding diaryl/α,β-unsaturated/α-hetero) is 1. The Balaban J connectivity index is 1.88. The summed E-state index contributed by atoms with van der Waals surface area (Å²) < 4.78 is 19.8. The van der Waals surface area contributed by atoms with Crippen LogP contribution in [0.4, 0.5) is 10.2 Å². The molecule has 7 heteroatoms. The Kier molecular flexibility index (Phi) is 4.74. The highest BCUT2D eigenvalue weighted by molar-refractivity contribution is 5.96. The molecule has 0 bridgehead atoms. The lowest BCUT2D eigenvalue weighted by molar-refractivity contribution is 0.101. The SMILES string of the molecule is COc1ccc(CNc2c(C(C)=O)nnn2-c2ccc(F)cc2)cc1. The molecule has 0 fully saturated rings. The lowest BCUT2D eigenvalue weighted by Gasteiger charge is -2.10. The number of halogens is 1. The van der Waals surface area contributed by atoms with Gasteiger partial charge in [-0.15, -0.1) is 5.10 Å². The number of nitrogens with zero attached hydrogens (tertiary/aromatic N) is 3. The van der Waals surface area contributed by atoms with E-state index in [0.29, 0.717) is 18.1 Å². The molecule has 3 aromatic rings. The Morgan fingerprint density at radius 3 is 2.44 bits per heavy atom. The van der Waals surface area contributed by atoms with Crippen molar-refractivity contribution < 1.29 is 13.9 Å². The Labute approximate surface area is 144 Å². The lowest BCUT2D eigenvalue weighted by atomic mass is 10.2. The number of nitrogens with one attached hydrogen (secondary N) is 1. The number of ether oxygens (including phenoxy) is 1. The van der Waals surface area contributed by atoms with E-state index in [1.807, 2.05) is 24.3 Å². The van der Waals surface area contributed by atoms with E-state index >= 15 is 0 Å². The number of aromatic nitrogens is 3. The molecule has 2 aromatic carbocycles. The van der Waals surface area contributed by atoms with Crippen molar-refractivity contribution in [2.75, 3.05) is 12.4 Å². The average molecular weight is 340 g/mol. The van der Waals surface area contributed by atoms with Gasteiger partial charge >= 0.3 is 0 Å². The van der Waals surface area contributed by atoms with Crippen molar-refractivity contribution in [2.45, 2.75) is 13.5 Å². The number of rotatable bonds is 6. The number of carbonyl (C=O) groups is 1. The number of benzene rings is 2. The van der Waals surface area contributed by atoms with Gasteiger partial charge in [-0.3, -0.25) is 4.79 Å². The summed E-state index contributed by atoms with van der Waals surface area (Å²) in [6, 6.07) is 13.4. The summed E-state index contributed by atoms with van der Waals surface area (Å²) in [5.41, 5.74) is 1.85. The van der Waals surface area contributed by atoms with Gasteiger partial charge in [0.25, 0.3) is 0 Å². The van der Waals surface area contributed by atoms with Gasteiger partial charge in [0.2, 0.25) is 0 Å². The highest BCUT2D eigenvalue weighted by atomic mass is 19.1. The number of hydrogen-bond acceptors (Lipinski definition) is 5. The van der Waals surface area contributed by atoms with E-state index in [0.717, 1.165) is 11.3 Å². The molecule has 3 rings (SSSR count). The van der Waals surface area contributed by atoms with Crippen LogP contribution in [0.2, 0.25) is 0 Å². The number of carbonyl (C=O) groups excluding carboxylic acids is 1. The van der Waals surface area contributed by atoms with Crippen LogP contribution >= 0.6 is 0 Å². The van der Waals surface area contributed by atoms with Crippen molar-refractivity contribution in [1.82, 2.24) is 15.0 Å². The van der Waals surface area contributed by atoms with E-state index in [2.05, 4.69) is 15.6 Å². The van der Waals surface area contributed by atoms with Gasteiger partial charge in [-0.1, -0.05) is 17.3 Å². The lowest BCUT2D eigenvalue weighted by Crippen LogP contribution is -2.09. The minimum Gasteiger partial charge on any atom is -0.497 e. The van der Waals surface area contributed by atoms with Gasteiger partial charge in [0.1, 0.15) is 11.6 Å². The zero-order valence-corrected chi connectivity index (χ0v) is 13.9. The van der Waals surface area contributed by atoms with Crippen LogP contribution in [-0.2, 0) is 6.54 Å². The van der Waals surface area contributed by atoms with E-state index < -0.39 is 0 Å². The van der Waals surface area contributed by atoms with Crippen LogP contribution in [0.25, 0.3) is 5.69 Å². The molecule has 0 radical (unpaired) electrons. The maximum Gasteiger partial charge on any atom is 0.183 e. The summed E-state index contributed by atoms with van der Waals surface area (Å²) in [6.45, 7) is 1.90. The molecule has 0 aliphatic heterocycles. The number of anilines is 1. The molecule has 1 aromatic heterocycles. The van der Waals surface area contributed by atoms with Gasteiger partial charge < -0.3 is 10.1 Å². The zero-order valence-electron chi connectivity index (χ0n) is 13.9. The minimum absolute atomic E-state index is 0.203. The number of hydrogen-bond donors (Lipinski definition) is 1. The largest absolute Gasteiger partial charge is 0.497 e. The molecule has 1 heterocycles. The number of methoxy groups -OCH3 is 1. The van der Waals surface area contributed by atoms with Crippen molar-refractivity contribution >= 4 is 11.6 Å². The first-order valence-corrected chi connectivity index (χ1v) is 7.68. The van der Waals surface area contributed by atoms with Crippen LogP contribution in [0.5, 0.6) is 5.75 Å². The third-order valence-electron chi connectivity index (χ3n) is 3.69. The average Bonchev–Trinajstić information content (AvgIpc) is 3.05. The summed E-state index contributed by atoms with van der Waals surface area (Å²) in [5, 5.41) is 11.2. The Morgan fingerprint density at radius 1 is 1.16 bits per heavy atom. The molecule has 25 heavy (non-hydrogen) atoms. The van der Waals surface area contributed by atoms with Crippen LogP contribution in [0.1, 0.15) is 23.0 Å². The van der Waals surface area contributed by atoms with E-state index in [4.69, 9.17) is 4.74 Å². The summed E-state index contributed by atoms with van der Waals surface area (Å²) in [4.78, 5) is 11.8. The summed E-state index contributed by atoms with van der Waals surface area (Å²) >= 11 is 0. The monoisotopic (exact) mass is 340 g/mol. The molecule has 0 amide bonds. The second kappa shape index (κ2) is 7.12. The summed E-state index contributed by atoms with van der Waals surface area (Å²) in [5.74, 6) is 0.690. The van der Waals surface area contributed by atoms with E-state index in [1.165, 1.54) is 23.7 Å². The smallest absolute Gasteiger partial charge is 0.183 e. The van der Waals surface area contributed by atoms with Crippen LogP contribution in [0, 0.1) is 5.82 Å². The molecular formula is C18H17FN4O2. The minimum atomic E-state index is -0.344. The maximum atomic E-state index is 13.1. The predicted octanol–water partition coefficient (Wildman–Crippen LogP) is 3.23. The molecule has 0 atom stereocenters. The second-order valence-corrected chi connectivity index (χ2v) is 5.43. The molecular weight excluding hydrogens is 323 g/mol. The van der Waals surface area contributed by atoms with E-state index in [1.54, 1.807) is 19.2 Å². The van der Waals surface area contributed by atoms with Crippen LogP contribution in [0.15, 0.2) is 48.5 Å². The predicted molar refractivity (Wildman–Crippen MR) is 91.6 cm³/mol. The van der Waals surface area contributed by atoms with Crippen LogP contribution < -0.4 is 10.1 Å². The molecule has 0 saturated carbocycles. The fourth-order valence-electron chi connectivity index (χ4n) is 2.37. The summed E-state index contributed by atoms with van der Waals surface area (Å²) in [7, 11) is 1.61. The van der Waals surface area contributed by atoms with E-state index in [-0.39, 0.29) is 17.3 Å². The zero-order chi connectivity index (χ0) is 17.8. The van der Waals surface area contributed by atoms with Gasteiger partial charge in [0.15, 0.2) is 17.3 Å². The van der Waals surface area contributed by atoms with Crippen molar-refractivity contribution in [3.63, 3.8) is 0 Å². The second-order valence-electron chi connectivity index (χ2n) is 5.43. The first-order valence-electron chi connectivity index (χ1n) is 7.68. The normalized spacial score (nSPS) is 10.5. The van der Waals surface area contributed by atoms with Gasteiger partial charge in [-0.25, -0.2) is 4.39 Å². The highest BCUT2D eigenvalue weighted by Gasteiger charge is 2.17. The molecule has 0 unspecified atom stereocenters. The van der Waals surface area contributed by atoms with E-state index in [9.17, 15) is 9.18 Å². The third-order valence-corrected chi connectivity index (χ3v) is 3.69. The van der Waals surface area contributed by atoms with Gasteiger partial charge in [-0.05, 0) is 42.0 Å². The maximum absolute atomic E-state index is 13.1. The molecule has 0 spiro atoms. The highest BCUT2D eigenvalue weighted by Crippen LogP contribution is 2.20. The first kappa shape index (κ1) is 16.6. The van der Waals surface area contributed by atoms with Crippen molar-refractivity contribution in [3.05, 3.63) is 65.6 Å².